The summed E-state index contributed by atoms with van der Waals surface area (Å²) >= 11 is 0. The first kappa shape index (κ1) is 20.3. The molecule has 2 rings (SSSR count). The molecule has 0 aliphatic carbocycles. The monoisotopic (exact) mass is 362 g/mol. The highest BCUT2D eigenvalue weighted by Crippen LogP contribution is 2.37. The van der Waals surface area contributed by atoms with Gasteiger partial charge in [0.25, 0.3) is 0 Å². The number of benzene rings is 1. The molecule has 1 aliphatic heterocycles. The summed E-state index contributed by atoms with van der Waals surface area (Å²) in [4.78, 5) is 12.7. The van der Waals surface area contributed by atoms with Crippen LogP contribution in [0.25, 0.3) is 0 Å². The smallest absolute Gasteiger partial charge is 0.496 e. The van der Waals surface area contributed by atoms with Crippen LogP contribution in [0.3, 0.4) is 0 Å². The van der Waals surface area contributed by atoms with Gasteiger partial charge in [0.2, 0.25) is 0 Å². The molecule has 1 aliphatic rings. The van der Waals surface area contributed by atoms with Gasteiger partial charge in [0.05, 0.1) is 32.0 Å². The van der Waals surface area contributed by atoms with Gasteiger partial charge in [-0.25, -0.2) is 4.79 Å². The van der Waals surface area contributed by atoms with E-state index in [1.807, 2.05) is 27.7 Å². The van der Waals surface area contributed by atoms with E-state index in [0.717, 1.165) is 0 Å². The van der Waals surface area contributed by atoms with Crippen LogP contribution in [-0.2, 0) is 14.0 Å². The summed E-state index contributed by atoms with van der Waals surface area (Å²) in [6, 6.07) is 3.35. The number of methoxy groups -OCH3 is 2. The molecule has 0 unspecified atom stereocenters. The van der Waals surface area contributed by atoms with Gasteiger partial charge in [-0.3, -0.25) is 0 Å². The maximum atomic E-state index is 12.7. The molecule has 6 nitrogen and oxygen atoms in total. The number of hydrogen-bond donors (Lipinski definition) is 0. The number of carbonyl (C=O) groups excluding carboxylic acids is 1. The third-order valence-corrected chi connectivity index (χ3v) is 4.83. The molecular weight excluding hydrogens is 335 g/mol. The van der Waals surface area contributed by atoms with Crippen LogP contribution < -0.4 is 14.9 Å². The van der Waals surface area contributed by atoms with E-state index in [2.05, 4.69) is 6.58 Å². The topological polar surface area (TPSA) is 63.2 Å². The summed E-state index contributed by atoms with van der Waals surface area (Å²) in [7, 11) is 2.29. The van der Waals surface area contributed by atoms with Crippen LogP contribution in [0.2, 0.25) is 0 Å². The van der Waals surface area contributed by atoms with Crippen molar-refractivity contribution in [3.8, 4) is 11.5 Å². The van der Waals surface area contributed by atoms with Crippen LogP contribution in [0.4, 0.5) is 0 Å². The Bertz CT molecular complexity index is 667. The van der Waals surface area contributed by atoms with Crippen LogP contribution in [0, 0.1) is 0 Å². The van der Waals surface area contributed by atoms with Gasteiger partial charge < -0.3 is 23.5 Å². The molecule has 0 saturated carbocycles. The number of hydrogen-bond acceptors (Lipinski definition) is 6. The van der Waals surface area contributed by atoms with E-state index in [1.54, 1.807) is 25.3 Å². The van der Waals surface area contributed by atoms with Gasteiger partial charge in [-0.2, -0.15) is 0 Å². The van der Waals surface area contributed by atoms with Crippen LogP contribution in [0.5, 0.6) is 11.5 Å². The van der Waals surface area contributed by atoms with Gasteiger partial charge >= 0.3 is 13.1 Å². The Morgan fingerprint density at radius 2 is 1.77 bits per heavy atom. The third kappa shape index (κ3) is 3.89. The number of ether oxygens (including phenoxy) is 3. The van der Waals surface area contributed by atoms with Crippen molar-refractivity contribution in [3.63, 3.8) is 0 Å². The molecule has 1 fully saturated rings. The van der Waals surface area contributed by atoms with E-state index in [1.165, 1.54) is 7.11 Å². The van der Waals surface area contributed by atoms with Gasteiger partial charge in [0, 0.05) is 11.5 Å². The third-order valence-electron chi connectivity index (χ3n) is 4.83. The maximum Gasteiger partial charge on any atom is 0.496 e. The Morgan fingerprint density at radius 3 is 2.27 bits per heavy atom. The molecule has 0 aromatic heterocycles. The van der Waals surface area contributed by atoms with E-state index in [9.17, 15) is 4.79 Å². The number of carbonyl (C=O) groups is 1. The standard InChI is InChI=1S/C19H27BO6/c1-8-9-10-24-17(21)16-14(11-13(22-6)12-15(16)23-7)20-25-18(2,3)19(4,5)26-20/h8,11-12H,1,9-10H2,2-7H3. The minimum absolute atomic E-state index is 0.236. The predicted octanol–water partition coefficient (Wildman–Crippen LogP) is 2.74. The summed E-state index contributed by atoms with van der Waals surface area (Å²) in [5.74, 6) is 0.378. The number of esters is 1. The highest BCUT2D eigenvalue weighted by atomic mass is 16.7. The molecule has 142 valence electrons. The minimum atomic E-state index is -0.744. The van der Waals surface area contributed by atoms with E-state index in [-0.39, 0.29) is 12.2 Å². The van der Waals surface area contributed by atoms with Gasteiger partial charge in [0.15, 0.2) is 0 Å². The molecule has 0 bridgehead atoms. The Balaban J connectivity index is 2.49. The van der Waals surface area contributed by atoms with Crippen molar-refractivity contribution in [2.24, 2.45) is 0 Å². The van der Waals surface area contributed by atoms with Gasteiger partial charge in [-0.1, -0.05) is 6.08 Å². The van der Waals surface area contributed by atoms with Gasteiger partial charge in [-0.15, -0.1) is 6.58 Å². The van der Waals surface area contributed by atoms with Crippen molar-refractivity contribution in [1.82, 2.24) is 0 Å². The second kappa shape index (κ2) is 7.72. The molecule has 1 heterocycles. The quantitative estimate of drug-likeness (QED) is 0.322. The lowest BCUT2D eigenvalue weighted by atomic mass is 9.75. The maximum absolute atomic E-state index is 12.7. The average molecular weight is 362 g/mol. The summed E-state index contributed by atoms with van der Waals surface area (Å²) in [6.07, 6.45) is 2.25. The first-order chi connectivity index (χ1) is 12.2. The molecule has 1 aromatic rings. The Morgan fingerprint density at radius 1 is 1.15 bits per heavy atom. The van der Waals surface area contributed by atoms with Crippen molar-refractivity contribution >= 4 is 18.6 Å². The highest BCUT2D eigenvalue weighted by molar-refractivity contribution is 6.64. The molecule has 26 heavy (non-hydrogen) atoms. The zero-order valence-corrected chi connectivity index (χ0v) is 16.4. The molecular formula is C19H27BO6. The molecule has 0 atom stereocenters. The second-order valence-corrected chi connectivity index (χ2v) is 7.10. The SMILES string of the molecule is C=CCCOC(=O)c1c(OC)cc(OC)cc1B1OC(C)(C)C(C)(C)O1. The number of rotatable bonds is 7. The highest BCUT2D eigenvalue weighted by Gasteiger charge is 2.53. The van der Waals surface area contributed by atoms with E-state index in [4.69, 9.17) is 23.5 Å². The van der Waals surface area contributed by atoms with Crippen molar-refractivity contribution < 1.29 is 28.3 Å². The molecule has 0 N–H and O–H groups in total. The van der Waals surface area contributed by atoms with Gasteiger partial charge in [-0.05, 0) is 40.2 Å². The first-order valence-electron chi connectivity index (χ1n) is 8.56. The fourth-order valence-electron chi connectivity index (χ4n) is 2.57. The molecule has 0 spiro atoms. The zero-order chi connectivity index (χ0) is 19.5. The summed E-state index contributed by atoms with van der Waals surface area (Å²) in [5.41, 5.74) is -0.296. The predicted molar refractivity (Wildman–Crippen MR) is 100 cm³/mol. The van der Waals surface area contributed by atoms with Crippen molar-refractivity contribution in [2.75, 3.05) is 20.8 Å². The van der Waals surface area contributed by atoms with Gasteiger partial charge in [0.1, 0.15) is 17.1 Å². The van der Waals surface area contributed by atoms with Crippen molar-refractivity contribution in [2.45, 2.75) is 45.3 Å². The van der Waals surface area contributed by atoms with Crippen LogP contribution in [0.1, 0.15) is 44.5 Å². The molecule has 1 aromatic carbocycles. The normalized spacial score (nSPS) is 17.7. The summed E-state index contributed by atoms with van der Waals surface area (Å²) < 4.78 is 28.3. The molecule has 0 radical (unpaired) electrons. The fourth-order valence-corrected chi connectivity index (χ4v) is 2.57. The summed E-state index contributed by atoms with van der Waals surface area (Å²) in [5, 5.41) is 0. The lowest BCUT2D eigenvalue weighted by molar-refractivity contribution is 0.00578. The second-order valence-electron chi connectivity index (χ2n) is 7.10. The fraction of sp³-hybridized carbons (Fsp3) is 0.526. The largest absolute Gasteiger partial charge is 0.497 e. The lowest BCUT2D eigenvalue weighted by Crippen LogP contribution is -2.41. The summed E-state index contributed by atoms with van der Waals surface area (Å²) in [6.45, 7) is 11.7. The first-order valence-corrected chi connectivity index (χ1v) is 8.56. The van der Waals surface area contributed by atoms with E-state index >= 15 is 0 Å². The molecule has 0 amide bonds. The van der Waals surface area contributed by atoms with E-state index in [0.29, 0.717) is 23.4 Å². The Hall–Kier alpha value is -1.99. The van der Waals surface area contributed by atoms with E-state index < -0.39 is 24.3 Å². The Kier molecular flexibility index (Phi) is 6.03. The molecule has 7 heteroatoms. The average Bonchev–Trinajstić information content (AvgIpc) is 2.81. The Labute approximate surface area is 155 Å². The van der Waals surface area contributed by atoms with Crippen LogP contribution >= 0.6 is 0 Å². The van der Waals surface area contributed by atoms with Crippen molar-refractivity contribution in [1.29, 1.82) is 0 Å². The molecule has 1 saturated heterocycles. The lowest BCUT2D eigenvalue weighted by Gasteiger charge is -2.32. The zero-order valence-electron chi connectivity index (χ0n) is 16.4. The minimum Gasteiger partial charge on any atom is -0.497 e. The van der Waals surface area contributed by atoms with Crippen molar-refractivity contribution in [3.05, 3.63) is 30.4 Å². The van der Waals surface area contributed by atoms with Crippen LogP contribution in [-0.4, -0.2) is 45.1 Å². The van der Waals surface area contributed by atoms with Crippen LogP contribution in [0.15, 0.2) is 24.8 Å².